The van der Waals surface area contributed by atoms with Crippen LogP contribution in [0.3, 0.4) is 0 Å². The summed E-state index contributed by atoms with van der Waals surface area (Å²) in [5.74, 6) is 1.14. The van der Waals surface area contributed by atoms with E-state index >= 15 is 0 Å². The highest BCUT2D eigenvalue weighted by Gasteiger charge is 2.28. The fourth-order valence-corrected chi connectivity index (χ4v) is 3.82. The number of aryl methyl sites for hydroxylation is 1. The molecule has 2 N–H and O–H groups in total. The van der Waals surface area contributed by atoms with Gasteiger partial charge in [0.05, 0.1) is 0 Å². The Hall–Kier alpha value is -0.890. The molecule has 2 rings (SSSR count). The van der Waals surface area contributed by atoms with Crippen LogP contribution in [0, 0.1) is 11.3 Å². The molecule has 1 aromatic rings. The molecule has 1 aliphatic carbocycles. The van der Waals surface area contributed by atoms with Crippen LogP contribution in [-0.2, 0) is 6.42 Å². The number of hydrogen-bond donors (Lipinski definition) is 1. The molecular formula is C18H30N2. The second-order valence-electron chi connectivity index (χ2n) is 7.82. The van der Waals surface area contributed by atoms with E-state index in [1.807, 2.05) is 6.20 Å². The van der Waals surface area contributed by atoms with Crippen molar-refractivity contribution < 1.29 is 0 Å². The second kappa shape index (κ2) is 6.26. The summed E-state index contributed by atoms with van der Waals surface area (Å²) in [7, 11) is 0. The topological polar surface area (TPSA) is 38.9 Å². The monoisotopic (exact) mass is 274 g/mol. The molecule has 0 saturated heterocycles. The number of pyridine rings is 1. The van der Waals surface area contributed by atoms with Crippen LogP contribution in [0.2, 0.25) is 0 Å². The molecule has 0 aliphatic heterocycles. The van der Waals surface area contributed by atoms with Crippen LogP contribution in [0.5, 0.6) is 0 Å². The van der Waals surface area contributed by atoms with E-state index in [2.05, 4.69) is 44.8 Å². The number of aromatic nitrogens is 1. The van der Waals surface area contributed by atoms with E-state index < -0.39 is 0 Å². The molecule has 112 valence electrons. The van der Waals surface area contributed by atoms with E-state index in [9.17, 15) is 0 Å². The summed E-state index contributed by atoms with van der Waals surface area (Å²) >= 11 is 0. The molecule has 1 aromatic heterocycles. The quantitative estimate of drug-likeness (QED) is 0.889. The van der Waals surface area contributed by atoms with Gasteiger partial charge in [0.1, 0.15) is 0 Å². The van der Waals surface area contributed by atoms with Crippen molar-refractivity contribution >= 4 is 0 Å². The maximum atomic E-state index is 6.54. The molecule has 1 heterocycles. The van der Waals surface area contributed by atoms with Gasteiger partial charge < -0.3 is 5.73 Å². The number of fused-ring (bicyclic) bond motifs is 1. The Morgan fingerprint density at radius 1 is 1.40 bits per heavy atom. The first-order valence-corrected chi connectivity index (χ1v) is 8.06. The number of nitrogens with two attached hydrogens (primary N) is 1. The lowest BCUT2D eigenvalue weighted by Crippen LogP contribution is -2.33. The Labute approximate surface area is 124 Å². The highest BCUT2D eigenvalue weighted by atomic mass is 14.7. The SMILES string of the molecule is CC(CC(N)C1CCCc2cccnc21)CC(C)(C)C. The molecule has 2 nitrogen and oxygen atoms in total. The molecule has 0 spiro atoms. The van der Waals surface area contributed by atoms with Gasteiger partial charge in [-0.15, -0.1) is 0 Å². The molecular weight excluding hydrogens is 244 g/mol. The average Bonchev–Trinajstić information content (AvgIpc) is 2.35. The van der Waals surface area contributed by atoms with Gasteiger partial charge in [0, 0.05) is 23.9 Å². The van der Waals surface area contributed by atoms with Crippen molar-refractivity contribution in [2.24, 2.45) is 17.1 Å². The minimum Gasteiger partial charge on any atom is -0.327 e. The largest absolute Gasteiger partial charge is 0.327 e. The summed E-state index contributed by atoms with van der Waals surface area (Å²) < 4.78 is 0. The third-order valence-corrected chi connectivity index (χ3v) is 4.39. The van der Waals surface area contributed by atoms with Gasteiger partial charge in [0.25, 0.3) is 0 Å². The second-order valence-corrected chi connectivity index (χ2v) is 7.82. The first kappa shape index (κ1) is 15.5. The van der Waals surface area contributed by atoms with Crippen LogP contribution in [0.4, 0.5) is 0 Å². The Balaban J connectivity index is 2.02. The zero-order valence-corrected chi connectivity index (χ0v) is 13.5. The number of rotatable bonds is 4. The first-order valence-electron chi connectivity index (χ1n) is 8.06. The predicted octanol–water partition coefficient (Wildman–Crippen LogP) is 4.29. The highest BCUT2D eigenvalue weighted by molar-refractivity contribution is 5.27. The van der Waals surface area contributed by atoms with E-state index in [0.717, 1.165) is 6.42 Å². The number of nitrogens with zero attached hydrogens (tertiary/aromatic N) is 1. The van der Waals surface area contributed by atoms with Crippen LogP contribution in [-0.4, -0.2) is 11.0 Å². The Kier molecular flexibility index (Phi) is 4.85. The standard InChI is InChI=1S/C18H30N2/c1-13(12-18(2,3)4)11-16(19)15-9-5-7-14-8-6-10-20-17(14)15/h6,8,10,13,15-16H,5,7,9,11-12,19H2,1-4H3. The molecule has 0 aromatic carbocycles. The molecule has 2 heteroatoms. The summed E-state index contributed by atoms with van der Waals surface area (Å²) in [6, 6.07) is 4.52. The van der Waals surface area contributed by atoms with Gasteiger partial charge in [-0.05, 0) is 55.1 Å². The molecule has 3 atom stereocenters. The lowest BCUT2D eigenvalue weighted by Gasteiger charge is -2.32. The Morgan fingerprint density at radius 2 is 2.15 bits per heavy atom. The van der Waals surface area contributed by atoms with E-state index in [1.54, 1.807) is 0 Å². The van der Waals surface area contributed by atoms with E-state index in [4.69, 9.17) is 5.73 Å². The van der Waals surface area contributed by atoms with Crippen molar-refractivity contribution in [3.05, 3.63) is 29.6 Å². The van der Waals surface area contributed by atoms with Crippen molar-refractivity contribution in [3.63, 3.8) is 0 Å². The van der Waals surface area contributed by atoms with E-state index in [0.29, 0.717) is 17.3 Å². The van der Waals surface area contributed by atoms with Crippen molar-refractivity contribution in [2.75, 3.05) is 0 Å². The van der Waals surface area contributed by atoms with E-state index in [1.165, 1.54) is 36.9 Å². The van der Waals surface area contributed by atoms with Gasteiger partial charge in [0.2, 0.25) is 0 Å². The first-order chi connectivity index (χ1) is 9.37. The molecule has 1 aliphatic rings. The van der Waals surface area contributed by atoms with Crippen LogP contribution in [0.15, 0.2) is 18.3 Å². The average molecular weight is 274 g/mol. The molecule has 0 saturated carbocycles. The van der Waals surface area contributed by atoms with Crippen LogP contribution in [0.1, 0.15) is 70.6 Å². The predicted molar refractivity (Wildman–Crippen MR) is 85.7 cm³/mol. The zero-order chi connectivity index (χ0) is 14.8. The maximum Gasteiger partial charge on any atom is 0.0481 e. The Bertz CT molecular complexity index is 433. The summed E-state index contributed by atoms with van der Waals surface area (Å²) in [5, 5.41) is 0. The minimum atomic E-state index is 0.251. The summed E-state index contributed by atoms with van der Waals surface area (Å²) in [4.78, 5) is 4.62. The maximum absolute atomic E-state index is 6.54. The molecule has 0 amide bonds. The van der Waals surface area contributed by atoms with Crippen molar-refractivity contribution in [2.45, 2.75) is 71.8 Å². The van der Waals surface area contributed by atoms with Crippen LogP contribution < -0.4 is 5.73 Å². The summed E-state index contributed by atoms with van der Waals surface area (Å²) in [5.41, 5.74) is 9.63. The normalized spacial score (nSPS) is 22.1. The number of hydrogen-bond acceptors (Lipinski definition) is 2. The third kappa shape index (κ3) is 4.05. The molecule has 3 unspecified atom stereocenters. The Morgan fingerprint density at radius 3 is 2.85 bits per heavy atom. The third-order valence-electron chi connectivity index (χ3n) is 4.39. The smallest absolute Gasteiger partial charge is 0.0481 e. The van der Waals surface area contributed by atoms with Crippen molar-refractivity contribution in [1.82, 2.24) is 4.98 Å². The van der Waals surface area contributed by atoms with Crippen molar-refractivity contribution in [3.8, 4) is 0 Å². The van der Waals surface area contributed by atoms with Gasteiger partial charge in [-0.25, -0.2) is 0 Å². The van der Waals surface area contributed by atoms with Crippen LogP contribution >= 0.6 is 0 Å². The zero-order valence-electron chi connectivity index (χ0n) is 13.5. The van der Waals surface area contributed by atoms with Gasteiger partial charge >= 0.3 is 0 Å². The van der Waals surface area contributed by atoms with Gasteiger partial charge in [-0.3, -0.25) is 4.98 Å². The van der Waals surface area contributed by atoms with Gasteiger partial charge in [0.15, 0.2) is 0 Å². The summed E-state index contributed by atoms with van der Waals surface area (Å²) in [6.07, 6.45) is 7.89. The molecule has 0 fully saturated rings. The van der Waals surface area contributed by atoms with Gasteiger partial charge in [-0.2, -0.15) is 0 Å². The molecule has 0 bridgehead atoms. The minimum absolute atomic E-state index is 0.251. The van der Waals surface area contributed by atoms with Crippen molar-refractivity contribution in [1.29, 1.82) is 0 Å². The molecule has 20 heavy (non-hydrogen) atoms. The highest BCUT2D eigenvalue weighted by Crippen LogP contribution is 2.35. The summed E-state index contributed by atoms with van der Waals surface area (Å²) in [6.45, 7) is 9.28. The lowest BCUT2D eigenvalue weighted by atomic mass is 9.77. The van der Waals surface area contributed by atoms with Gasteiger partial charge in [-0.1, -0.05) is 33.8 Å². The van der Waals surface area contributed by atoms with Crippen LogP contribution in [0.25, 0.3) is 0 Å². The fraction of sp³-hybridized carbons (Fsp3) is 0.722. The lowest BCUT2D eigenvalue weighted by molar-refractivity contribution is 0.272. The van der Waals surface area contributed by atoms with E-state index in [-0.39, 0.29) is 6.04 Å². The fourth-order valence-electron chi connectivity index (χ4n) is 3.82. The molecule has 0 radical (unpaired) electrons.